The van der Waals surface area contributed by atoms with E-state index in [4.69, 9.17) is 32.7 Å². The average molecular weight is 484 g/mol. The molecule has 2 aromatic rings. The number of carbonyl (C=O) groups excluding carboxylic acids is 1. The number of aromatic hydroxyl groups is 1. The predicted molar refractivity (Wildman–Crippen MR) is 127 cm³/mol. The highest BCUT2D eigenvalue weighted by Gasteiger charge is 2.10. The molecule has 0 unspecified atom stereocenters. The fourth-order valence-corrected chi connectivity index (χ4v) is 3.61. The summed E-state index contributed by atoms with van der Waals surface area (Å²) in [6.07, 6.45) is 3.99. The molecule has 0 bridgehead atoms. The number of hydrogen-bond acceptors (Lipinski definition) is 6. The van der Waals surface area contributed by atoms with Gasteiger partial charge in [-0.15, -0.1) is 0 Å². The summed E-state index contributed by atoms with van der Waals surface area (Å²) in [5.74, 6) is -0.0811. The number of hydrogen-bond donors (Lipinski definition) is 3. The lowest BCUT2D eigenvalue weighted by molar-refractivity contribution is 0.0393. The van der Waals surface area contributed by atoms with Crippen LogP contribution in [0.3, 0.4) is 0 Å². The third kappa shape index (κ3) is 9.45. The lowest BCUT2D eigenvalue weighted by Gasteiger charge is -2.13. The first kappa shape index (κ1) is 26.6. The Morgan fingerprint density at radius 2 is 1.69 bits per heavy atom. The van der Waals surface area contributed by atoms with E-state index in [1.54, 1.807) is 24.3 Å². The van der Waals surface area contributed by atoms with Gasteiger partial charge in [0, 0.05) is 28.8 Å². The Bertz CT molecular complexity index is 814. The fraction of sp³-hybridized carbons (Fsp3) is 0.458. The van der Waals surface area contributed by atoms with Crippen LogP contribution in [0.2, 0.25) is 10.0 Å². The lowest BCUT2D eigenvalue weighted by atomic mass is 10.1. The SMILES string of the molecule is O=Cc1cc([C@H](O)CNCCCCCCOCCOCc2c(Cl)cccc2Cl)ccc1O. The molecule has 0 aromatic heterocycles. The predicted octanol–water partition coefficient (Wildman–Crippen LogP) is 4.93. The molecule has 0 aliphatic heterocycles. The van der Waals surface area contributed by atoms with Crippen LogP contribution >= 0.6 is 23.2 Å². The van der Waals surface area contributed by atoms with Crippen LogP contribution < -0.4 is 5.32 Å². The number of nitrogens with one attached hydrogen (secondary N) is 1. The zero-order valence-corrected chi connectivity index (χ0v) is 19.6. The smallest absolute Gasteiger partial charge is 0.153 e. The van der Waals surface area contributed by atoms with E-state index in [2.05, 4.69) is 5.32 Å². The first-order valence-corrected chi connectivity index (χ1v) is 11.5. The van der Waals surface area contributed by atoms with Crippen molar-refractivity contribution in [2.45, 2.75) is 38.4 Å². The van der Waals surface area contributed by atoms with Gasteiger partial charge < -0.3 is 25.0 Å². The van der Waals surface area contributed by atoms with Crippen LogP contribution in [-0.2, 0) is 16.1 Å². The monoisotopic (exact) mass is 483 g/mol. The molecule has 8 heteroatoms. The molecule has 0 fully saturated rings. The number of aliphatic hydroxyl groups excluding tert-OH is 1. The second-order valence-electron chi connectivity index (χ2n) is 7.44. The third-order valence-corrected chi connectivity index (χ3v) is 5.68. The van der Waals surface area contributed by atoms with Gasteiger partial charge >= 0.3 is 0 Å². The number of rotatable bonds is 16. The summed E-state index contributed by atoms with van der Waals surface area (Å²) < 4.78 is 11.2. The van der Waals surface area contributed by atoms with Gasteiger partial charge in [-0.05, 0) is 49.2 Å². The standard InChI is InChI=1S/C24H31Cl2NO5/c25-21-6-5-7-22(26)20(21)17-32-13-12-31-11-4-2-1-3-10-27-15-24(30)18-8-9-23(29)19(14-18)16-28/h5-9,14,16,24,27,29-30H,1-4,10-13,15,17H2/t24-/m1/s1. The molecule has 0 saturated heterocycles. The van der Waals surface area contributed by atoms with Crippen LogP contribution in [0.5, 0.6) is 5.75 Å². The summed E-state index contributed by atoms with van der Waals surface area (Å²) in [5, 5.41) is 24.1. The van der Waals surface area contributed by atoms with Crippen molar-refractivity contribution in [2.75, 3.05) is 32.9 Å². The third-order valence-electron chi connectivity index (χ3n) is 4.97. The van der Waals surface area contributed by atoms with Crippen LogP contribution in [0.25, 0.3) is 0 Å². The highest BCUT2D eigenvalue weighted by Crippen LogP contribution is 2.24. The summed E-state index contributed by atoms with van der Waals surface area (Å²) in [5.41, 5.74) is 1.58. The number of unbranched alkanes of at least 4 members (excludes halogenated alkanes) is 3. The number of carbonyl (C=O) groups is 1. The Kier molecular flexibility index (Phi) is 12.6. The maximum absolute atomic E-state index is 10.9. The van der Waals surface area contributed by atoms with Crippen LogP contribution in [0.4, 0.5) is 0 Å². The van der Waals surface area contributed by atoms with Gasteiger partial charge in [-0.25, -0.2) is 0 Å². The molecule has 0 aliphatic rings. The van der Waals surface area contributed by atoms with E-state index in [-0.39, 0.29) is 11.3 Å². The minimum atomic E-state index is -0.723. The summed E-state index contributed by atoms with van der Waals surface area (Å²) in [6.45, 7) is 3.28. The molecule has 2 rings (SSSR count). The van der Waals surface area contributed by atoms with Crippen molar-refractivity contribution in [2.24, 2.45) is 0 Å². The first-order chi connectivity index (χ1) is 15.5. The van der Waals surface area contributed by atoms with E-state index in [0.29, 0.717) is 54.9 Å². The number of aldehydes is 1. The van der Waals surface area contributed by atoms with Gasteiger partial charge in [-0.1, -0.05) is 48.2 Å². The van der Waals surface area contributed by atoms with E-state index in [9.17, 15) is 15.0 Å². The molecule has 0 heterocycles. The number of aliphatic hydroxyl groups is 1. The first-order valence-electron chi connectivity index (χ1n) is 10.8. The largest absolute Gasteiger partial charge is 0.507 e. The molecule has 0 amide bonds. The van der Waals surface area contributed by atoms with Gasteiger partial charge in [0.1, 0.15) is 5.75 Å². The lowest BCUT2D eigenvalue weighted by Crippen LogP contribution is -2.22. The van der Waals surface area contributed by atoms with Gasteiger partial charge in [0.2, 0.25) is 0 Å². The maximum atomic E-state index is 10.9. The molecule has 32 heavy (non-hydrogen) atoms. The minimum absolute atomic E-state index is 0.0811. The Morgan fingerprint density at radius 1 is 0.969 bits per heavy atom. The summed E-state index contributed by atoms with van der Waals surface area (Å²) >= 11 is 12.2. The zero-order valence-electron chi connectivity index (χ0n) is 18.1. The molecule has 0 aliphatic carbocycles. The van der Waals surface area contributed by atoms with E-state index < -0.39 is 6.10 Å². The second-order valence-corrected chi connectivity index (χ2v) is 8.25. The molecule has 6 nitrogen and oxygen atoms in total. The topological polar surface area (TPSA) is 88.0 Å². The summed E-state index contributed by atoms with van der Waals surface area (Å²) in [7, 11) is 0. The number of halogens is 2. The normalized spacial score (nSPS) is 12.1. The molecule has 0 radical (unpaired) electrons. The molecule has 0 spiro atoms. The van der Waals surface area contributed by atoms with Gasteiger partial charge in [0.05, 0.1) is 31.5 Å². The Hall–Kier alpha value is -1.67. The highest BCUT2D eigenvalue weighted by molar-refractivity contribution is 6.35. The van der Waals surface area contributed by atoms with E-state index in [0.717, 1.165) is 37.8 Å². The van der Waals surface area contributed by atoms with Crippen LogP contribution in [0, 0.1) is 0 Å². The van der Waals surface area contributed by atoms with Crippen molar-refractivity contribution in [1.29, 1.82) is 0 Å². The number of benzene rings is 2. The van der Waals surface area contributed by atoms with E-state index in [1.807, 2.05) is 0 Å². The van der Waals surface area contributed by atoms with Crippen molar-refractivity contribution in [3.63, 3.8) is 0 Å². The molecule has 3 N–H and O–H groups in total. The average Bonchev–Trinajstić information content (AvgIpc) is 2.78. The number of ether oxygens (including phenoxy) is 2. The van der Waals surface area contributed by atoms with Crippen LogP contribution in [-0.4, -0.2) is 49.4 Å². The second kappa shape index (κ2) is 15.2. The van der Waals surface area contributed by atoms with Crippen molar-refractivity contribution >= 4 is 29.5 Å². The molecular formula is C24H31Cl2NO5. The molecule has 176 valence electrons. The molecule has 2 aromatic carbocycles. The van der Waals surface area contributed by atoms with Crippen molar-refractivity contribution in [3.8, 4) is 5.75 Å². The quantitative estimate of drug-likeness (QED) is 0.231. The van der Waals surface area contributed by atoms with Gasteiger partial charge in [0.15, 0.2) is 6.29 Å². The molecule has 1 atom stereocenters. The van der Waals surface area contributed by atoms with E-state index in [1.165, 1.54) is 12.1 Å². The Morgan fingerprint density at radius 3 is 2.44 bits per heavy atom. The van der Waals surface area contributed by atoms with Gasteiger partial charge in [-0.3, -0.25) is 4.79 Å². The van der Waals surface area contributed by atoms with Gasteiger partial charge in [0.25, 0.3) is 0 Å². The maximum Gasteiger partial charge on any atom is 0.153 e. The number of phenols is 1. The molecule has 0 saturated carbocycles. The summed E-state index contributed by atoms with van der Waals surface area (Å²) in [6, 6.07) is 9.93. The Balaban J connectivity index is 1.42. The zero-order chi connectivity index (χ0) is 23.2. The molecular weight excluding hydrogens is 453 g/mol. The fourth-order valence-electron chi connectivity index (χ4n) is 3.10. The van der Waals surface area contributed by atoms with Gasteiger partial charge in [-0.2, -0.15) is 0 Å². The van der Waals surface area contributed by atoms with Crippen molar-refractivity contribution in [3.05, 3.63) is 63.1 Å². The van der Waals surface area contributed by atoms with Crippen molar-refractivity contribution in [1.82, 2.24) is 5.32 Å². The Labute approximate surface area is 199 Å². The van der Waals surface area contributed by atoms with E-state index >= 15 is 0 Å². The minimum Gasteiger partial charge on any atom is -0.507 e. The summed E-state index contributed by atoms with van der Waals surface area (Å²) in [4.78, 5) is 10.9. The van der Waals surface area contributed by atoms with Crippen LogP contribution in [0.15, 0.2) is 36.4 Å². The van der Waals surface area contributed by atoms with Crippen molar-refractivity contribution < 1.29 is 24.5 Å². The van der Waals surface area contributed by atoms with Crippen LogP contribution in [0.1, 0.15) is 53.3 Å². The highest BCUT2D eigenvalue weighted by atomic mass is 35.5. The number of phenolic OH excluding ortho intramolecular Hbond substituents is 1.